The summed E-state index contributed by atoms with van der Waals surface area (Å²) in [4.78, 5) is 0. The molecule has 0 radical (unpaired) electrons. The molecule has 0 saturated carbocycles. The molecule has 0 amide bonds. The van der Waals surface area contributed by atoms with E-state index in [2.05, 4.69) is 0 Å². The normalized spacial score (nSPS) is 14.0. The second-order valence-electron chi connectivity index (χ2n) is 2.87. The Labute approximate surface area is 86.7 Å². The van der Waals surface area contributed by atoms with E-state index in [4.69, 9.17) is 16.7 Å². The Bertz CT molecular complexity index is 426. The molecule has 0 aliphatic carbocycles. The average Bonchev–Trinajstić information content (AvgIpc) is 2.01. The molecule has 0 aliphatic rings. The molecule has 0 bridgehead atoms. The van der Waals surface area contributed by atoms with Gasteiger partial charge in [0.05, 0.1) is 0 Å². The van der Waals surface area contributed by atoms with Gasteiger partial charge in [0, 0.05) is 10.6 Å². The molecule has 2 N–H and O–H groups in total. The number of benzene rings is 1. The first-order valence-electron chi connectivity index (χ1n) is 3.79. The molecule has 1 unspecified atom stereocenters. The third-order valence-electron chi connectivity index (χ3n) is 1.90. The van der Waals surface area contributed by atoms with Crippen molar-refractivity contribution in [3.63, 3.8) is 0 Å². The lowest BCUT2D eigenvalue weighted by atomic mass is 10.1. The van der Waals surface area contributed by atoms with Crippen LogP contribution in [0.3, 0.4) is 0 Å². The number of nitrogens with two attached hydrogens (primary N) is 1. The molecule has 0 heterocycles. The minimum absolute atomic E-state index is 0.0616. The lowest BCUT2D eigenvalue weighted by Gasteiger charge is -2.11. The molecule has 78 valence electrons. The summed E-state index contributed by atoms with van der Waals surface area (Å²) in [5.74, 6) is -0.668. The van der Waals surface area contributed by atoms with E-state index in [1.165, 1.54) is 19.1 Å². The molecule has 0 saturated heterocycles. The second kappa shape index (κ2) is 3.84. The van der Waals surface area contributed by atoms with Crippen LogP contribution in [0.1, 0.15) is 17.7 Å². The van der Waals surface area contributed by atoms with Crippen molar-refractivity contribution in [2.24, 2.45) is 5.14 Å². The van der Waals surface area contributed by atoms with Crippen LogP contribution in [0.5, 0.6) is 0 Å². The first kappa shape index (κ1) is 11.4. The Morgan fingerprint density at radius 1 is 1.50 bits per heavy atom. The Hall–Kier alpha value is -0.650. The lowest BCUT2D eigenvalue weighted by Crippen LogP contribution is -2.20. The summed E-state index contributed by atoms with van der Waals surface area (Å²) in [6, 6.07) is 3.96. The van der Waals surface area contributed by atoms with Crippen LogP contribution in [0.4, 0.5) is 4.39 Å². The molecule has 1 aromatic rings. The van der Waals surface area contributed by atoms with Crippen molar-refractivity contribution >= 4 is 21.6 Å². The third kappa shape index (κ3) is 2.23. The molecule has 0 fully saturated rings. The lowest BCUT2D eigenvalue weighted by molar-refractivity contribution is 0.575. The van der Waals surface area contributed by atoms with Gasteiger partial charge in [-0.05, 0) is 19.1 Å². The van der Waals surface area contributed by atoms with Gasteiger partial charge in [0.15, 0.2) is 0 Å². The van der Waals surface area contributed by atoms with Gasteiger partial charge >= 0.3 is 0 Å². The fraction of sp³-hybridized carbons (Fsp3) is 0.250. The number of halogens is 2. The molecule has 0 spiro atoms. The van der Waals surface area contributed by atoms with Crippen LogP contribution in [0.15, 0.2) is 18.2 Å². The molecule has 0 aromatic heterocycles. The van der Waals surface area contributed by atoms with Gasteiger partial charge < -0.3 is 0 Å². The van der Waals surface area contributed by atoms with Crippen LogP contribution in [-0.2, 0) is 10.0 Å². The highest BCUT2D eigenvalue weighted by molar-refractivity contribution is 7.89. The van der Waals surface area contributed by atoms with Crippen LogP contribution in [-0.4, -0.2) is 8.42 Å². The van der Waals surface area contributed by atoms with Crippen LogP contribution >= 0.6 is 11.6 Å². The molecule has 1 aromatic carbocycles. The zero-order valence-electron chi connectivity index (χ0n) is 7.37. The monoisotopic (exact) mass is 237 g/mol. The Morgan fingerprint density at radius 3 is 2.50 bits per heavy atom. The van der Waals surface area contributed by atoms with Gasteiger partial charge in [0.25, 0.3) is 0 Å². The average molecular weight is 238 g/mol. The third-order valence-corrected chi connectivity index (χ3v) is 3.45. The van der Waals surface area contributed by atoms with Crippen LogP contribution in [0.25, 0.3) is 0 Å². The van der Waals surface area contributed by atoms with E-state index in [0.717, 1.165) is 6.07 Å². The van der Waals surface area contributed by atoms with Gasteiger partial charge in [-0.1, -0.05) is 17.7 Å². The predicted octanol–water partition coefficient (Wildman–Crippen LogP) is 1.83. The van der Waals surface area contributed by atoms with Gasteiger partial charge in [-0.3, -0.25) is 0 Å². The number of hydrogen-bond donors (Lipinski definition) is 1. The maximum atomic E-state index is 13.2. The Morgan fingerprint density at radius 2 is 2.07 bits per heavy atom. The van der Waals surface area contributed by atoms with Crippen molar-refractivity contribution in [3.8, 4) is 0 Å². The Balaban J connectivity index is 3.33. The second-order valence-corrected chi connectivity index (χ2v) is 5.16. The molecule has 1 rings (SSSR count). The summed E-state index contributed by atoms with van der Waals surface area (Å²) < 4.78 is 35.2. The number of rotatable bonds is 2. The van der Waals surface area contributed by atoms with Crippen LogP contribution in [0.2, 0.25) is 5.02 Å². The van der Waals surface area contributed by atoms with Gasteiger partial charge in [0.2, 0.25) is 10.0 Å². The smallest absolute Gasteiger partial charge is 0.216 e. The summed E-state index contributed by atoms with van der Waals surface area (Å²) in [7, 11) is -3.83. The van der Waals surface area contributed by atoms with E-state index in [0.29, 0.717) is 0 Å². The highest BCUT2D eigenvalue weighted by Crippen LogP contribution is 2.29. The summed E-state index contributed by atoms with van der Waals surface area (Å²) in [5.41, 5.74) is -0.0864. The summed E-state index contributed by atoms with van der Waals surface area (Å²) >= 11 is 5.67. The van der Waals surface area contributed by atoms with Crippen molar-refractivity contribution in [2.75, 3.05) is 0 Å². The van der Waals surface area contributed by atoms with E-state index in [-0.39, 0.29) is 10.6 Å². The van der Waals surface area contributed by atoms with E-state index in [1.54, 1.807) is 0 Å². The zero-order chi connectivity index (χ0) is 10.9. The first-order valence-corrected chi connectivity index (χ1v) is 5.78. The topological polar surface area (TPSA) is 60.2 Å². The van der Waals surface area contributed by atoms with Crippen molar-refractivity contribution in [1.82, 2.24) is 0 Å². The molecule has 14 heavy (non-hydrogen) atoms. The molecule has 6 heteroatoms. The number of hydrogen-bond acceptors (Lipinski definition) is 2. The zero-order valence-corrected chi connectivity index (χ0v) is 8.94. The van der Waals surface area contributed by atoms with E-state index < -0.39 is 21.1 Å². The standard InChI is InChI=1S/C8H9ClFNO2S/c1-5(14(11,12)13)8-6(9)3-2-4-7(8)10/h2-5H,1H3,(H2,11,12,13). The molecular formula is C8H9ClFNO2S. The highest BCUT2D eigenvalue weighted by Gasteiger charge is 2.23. The highest BCUT2D eigenvalue weighted by atomic mass is 35.5. The minimum atomic E-state index is -3.83. The van der Waals surface area contributed by atoms with E-state index >= 15 is 0 Å². The summed E-state index contributed by atoms with van der Waals surface area (Å²) in [6.45, 7) is 1.29. The summed E-state index contributed by atoms with van der Waals surface area (Å²) in [5, 5.41) is 3.81. The van der Waals surface area contributed by atoms with Crippen molar-refractivity contribution in [2.45, 2.75) is 12.2 Å². The van der Waals surface area contributed by atoms with Gasteiger partial charge in [0.1, 0.15) is 11.1 Å². The fourth-order valence-corrected chi connectivity index (χ4v) is 2.02. The maximum Gasteiger partial charge on any atom is 0.216 e. The van der Waals surface area contributed by atoms with Gasteiger partial charge in [-0.25, -0.2) is 17.9 Å². The first-order chi connectivity index (χ1) is 6.34. The van der Waals surface area contributed by atoms with Crippen LogP contribution < -0.4 is 5.14 Å². The minimum Gasteiger partial charge on any atom is -0.228 e. The van der Waals surface area contributed by atoms with Gasteiger partial charge in [-0.15, -0.1) is 0 Å². The molecule has 0 aliphatic heterocycles. The molecular weight excluding hydrogens is 229 g/mol. The molecule has 1 atom stereocenters. The number of primary sulfonamides is 1. The van der Waals surface area contributed by atoms with Crippen molar-refractivity contribution in [1.29, 1.82) is 0 Å². The predicted molar refractivity (Wildman–Crippen MR) is 52.9 cm³/mol. The SMILES string of the molecule is CC(c1c(F)cccc1Cl)S(N)(=O)=O. The number of sulfonamides is 1. The maximum absolute atomic E-state index is 13.2. The van der Waals surface area contributed by atoms with E-state index in [9.17, 15) is 12.8 Å². The van der Waals surface area contributed by atoms with E-state index in [1.807, 2.05) is 0 Å². The van der Waals surface area contributed by atoms with Gasteiger partial charge in [-0.2, -0.15) is 0 Å². The largest absolute Gasteiger partial charge is 0.228 e. The van der Waals surface area contributed by atoms with Crippen molar-refractivity contribution < 1.29 is 12.8 Å². The molecule has 3 nitrogen and oxygen atoms in total. The fourth-order valence-electron chi connectivity index (χ4n) is 1.06. The Kier molecular flexibility index (Phi) is 3.14. The van der Waals surface area contributed by atoms with Crippen molar-refractivity contribution in [3.05, 3.63) is 34.6 Å². The van der Waals surface area contributed by atoms with Crippen LogP contribution in [0, 0.1) is 5.82 Å². The summed E-state index contributed by atoms with van der Waals surface area (Å²) in [6.07, 6.45) is 0. The quantitative estimate of drug-likeness (QED) is 0.853.